The molecule has 94 valence electrons. The molecule has 0 bridgehead atoms. The summed E-state index contributed by atoms with van der Waals surface area (Å²) in [6.45, 7) is 4.91. The Bertz CT molecular complexity index is 370. The molecule has 0 heterocycles. The minimum atomic E-state index is -1.26. The highest BCUT2D eigenvalue weighted by Gasteiger charge is 2.45. The molecule has 17 heavy (non-hydrogen) atoms. The number of rotatable bonds is 2. The second kappa shape index (κ2) is 4.39. The van der Waals surface area contributed by atoms with Gasteiger partial charge in [0.25, 0.3) is 0 Å². The highest BCUT2D eigenvalue weighted by atomic mass is 16.4. The summed E-state index contributed by atoms with van der Waals surface area (Å²) in [5.74, 6) is -4.93. The van der Waals surface area contributed by atoms with Gasteiger partial charge in [0.1, 0.15) is 5.92 Å². The largest absolute Gasteiger partial charge is 0.481 e. The van der Waals surface area contributed by atoms with E-state index >= 15 is 0 Å². The van der Waals surface area contributed by atoms with Crippen molar-refractivity contribution in [3.05, 3.63) is 0 Å². The lowest BCUT2D eigenvalue weighted by Crippen LogP contribution is -2.44. The third-order valence-electron chi connectivity index (χ3n) is 2.89. The fraction of sp³-hybridized carbons (Fsp3) is 0.667. The molecule has 1 fully saturated rings. The predicted octanol–water partition coefficient (Wildman–Crippen LogP) is 0.851. The van der Waals surface area contributed by atoms with Gasteiger partial charge in [0, 0.05) is 18.3 Å². The monoisotopic (exact) mass is 240 g/mol. The van der Waals surface area contributed by atoms with Crippen LogP contribution in [0, 0.1) is 17.3 Å². The fourth-order valence-corrected chi connectivity index (χ4v) is 1.87. The molecule has 1 saturated carbocycles. The molecule has 0 unspecified atom stereocenters. The molecule has 0 saturated heterocycles. The maximum Gasteiger partial charge on any atom is 0.307 e. The zero-order chi connectivity index (χ0) is 13.4. The molecule has 0 amide bonds. The van der Waals surface area contributed by atoms with Gasteiger partial charge in [0.05, 0.1) is 5.92 Å². The summed E-state index contributed by atoms with van der Waals surface area (Å²) < 4.78 is 0. The highest BCUT2D eigenvalue weighted by molar-refractivity contribution is 6.22. The number of hydrogen-bond acceptors (Lipinski definition) is 4. The molecule has 1 rings (SSSR count). The van der Waals surface area contributed by atoms with E-state index < -0.39 is 40.6 Å². The number of carboxylic acid groups (broad SMARTS) is 1. The molecule has 0 aliphatic heterocycles. The van der Waals surface area contributed by atoms with Gasteiger partial charge >= 0.3 is 5.97 Å². The Balaban J connectivity index is 2.92. The topological polar surface area (TPSA) is 88.5 Å². The van der Waals surface area contributed by atoms with Crippen molar-refractivity contribution < 1.29 is 24.3 Å². The van der Waals surface area contributed by atoms with Crippen LogP contribution in [0.15, 0.2) is 0 Å². The second-order valence-corrected chi connectivity index (χ2v) is 5.42. The number of carbonyl (C=O) groups is 4. The van der Waals surface area contributed by atoms with Gasteiger partial charge in [0.2, 0.25) is 0 Å². The van der Waals surface area contributed by atoms with E-state index in [9.17, 15) is 19.2 Å². The Labute approximate surface area is 99.2 Å². The van der Waals surface area contributed by atoms with E-state index in [-0.39, 0.29) is 12.8 Å². The van der Waals surface area contributed by atoms with E-state index in [1.165, 1.54) is 0 Å². The van der Waals surface area contributed by atoms with Crippen LogP contribution in [-0.2, 0) is 19.2 Å². The van der Waals surface area contributed by atoms with E-state index in [2.05, 4.69) is 0 Å². The Kier molecular flexibility index (Phi) is 3.50. The Hall–Kier alpha value is -1.52. The van der Waals surface area contributed by atoms with Gasteiger partial charge in [-0.05, 0) is 0 Å². The van der Waals surface area contributed by atoms with Crippen molar-refractivity contribution in [3.63, 3.8) is 0 Å². The summed E-state index contributed by atoms with van der Waals surface area (Å²) in [4.78, 5) is 46.1. The van der Waals surface area contributed by atoms with Crippen LogP contribution in [0.5, 0.6) is 0 Å². The Morgan fingerprint density at radius 1 is 1.12 bits per heavy atom. The second-order valence-electron chi connectivity index (χ2n) is 5.42. The van der Waals surface area contributed by atoms with Crippen molar-refractivity contribution in [3.8, 4) is 0 Å². The summed E-state index contributed by atoms with van der Waals surface area (Å²) in [5, 5.41) is 8.77. The molecule has 5 heteroatoms. The van der Waals surface area contributed by atoms with Crippen LogP contribution >= 0.6 is 0 Å². The lowest BCUT2D eigenvalue weighted by Gasteiger charge is -2.27. The van der Waals surface area contributed by atoms with Gasteiger partial charge in [-0.25, -0.2) is 0 Å². The first-order chi connectivity index (χ1) is 7.64. The summed E-state index contributed by atoms with van der Waals surface area (Å²) in [6.07, 6.45) is -0.457. The van der Waals surface area contributed by atoms with E-state index in [0.29, 0.717) is 0 Å². The van der Waals surface area contributed by atoms with Crippen LogP contribution in [0.4, 0.5) is 0 Å². The van der Waals surface area contributed by atoms with E-state index in [4.69, 9.17) is 5.11 Å². The number of carboxylic acids is 1. The minimum absolute atomic E-state index is 0.229. The van der Waals surface area contributed by atoms with Crippen LogP contribution in [-0.4, -0.2) is 28.4 Å². The molecule has 5 nitrogen and oxygen atoms in total. The molecule has 0 spiro atoms. The molecule has 1 aliphatic carbocycles. The zero-order valence-electron chi connectivity index (χ0n) is 10.1. The van der Waals surface area contributed by atoms with E-state index in [1.807, 2.05) is 0 Å². The lowest BCUT2D eigenvalue weighted by molar-refractivity contribution is -0.154. The summed E-state index contributed by atoms with van der Waals surface area (Å²) in [7, 11) is 0. The number of Topliss-reactive ketones (excluding diaryl/α,β-unsaturated/α-hetero) is 3. The van der Waals surface area contributed by atoms with Crippen LogP contribution < -0.4 is 0 Å². The minimum Gasteiger partial charge on any atom is -0.481 e. The SMILES string of the molecule is CC(C)(C)C(=O)C1C(=O)CC(C(=O)O)CC1=O. The molecule has 0 radical (unpaired) electrons. The molecular weight excluding hydrogens is 224 g/mol. The number of hydrogen-bond donors (Lipinski definition) is 1. The number of ketones is 3. The number of carbonyl (C=O) groups excluding carboxylic acids is 3. The summed E-state index contributed by atoms with van der Waals surface area (Å²) in [6, 6.07) is 0. The molecule has 0 aromatic carbocycles. The molecular formula is C12H16O5. The lowest BCUT2D eigenvalue weighted by atomic mass is 9.72. The first kappa shape index (κ1) is 13.5. The van der Waals surface area contributed by atoms with Gasteiger partial charge < -0.3 is 5.11 Å². The predicted molar refractivity (Wildman–Crippen MR) is 58.3 cm³/mol. The van der Waals surface area contributed by atoms with E-state index in [0.717, 1.165) is 0 Å². The van der Waals surface area contributed by atoms with Crippen molar-refractivity contribution in [2.75, 3.05) is 0 Å². The molecule has 0 aromatic rings. The van der Waals surface area contributed by atoms with Gasteiger partial charge in [-0.1, -0.05) is 20.8 Å². The van der Waals surface area contributed by atoms with Crippen LogP contribution in [0.1, 0.15) is 33.6 Å². The maximum atomic E-state index is 11.9. The Morgan fingerprint density at radius 3 is 1.82 bits per heavy atom. The number of aliphatic carboxylic acids is 1. The van der Waals surface area contributed by atoms with Gasteiger partial charge in [-0.3, -0.25) is 19.2 Å². The first-order valence-electron chi connectivity index (χ1n) is 5.47. The molecule has 0 atom stereocenters. The fourth-order valence-electron chi connectivity index (χ4n) is 1.87. The summed E-state index contributed by atoms with van der Waals surface area (Å²) in [5.41, 5.74) is -0.772. The van der Waals surface area contributed by atoms with Gasteiger partial charge in [0.15, 0.2) is 17.3 Å². The Morgan fingerprint density at radius 2 is 1.53 bits per heavy atom. The third-order valence-corrected chi connectivity index (χ3v) is 2.89. The average Bonchev–Trinajstić information content (AvgIpc) is 2.14. The maximum absolute atomic E-state index is 11.9. The molecule has 0 aromatic heterocycles. The quantitative estimate of drug-likeness (QED) is 0.723. The first-order valence-corrected chi connectivity index (χ1v) is 5.47. The zero-order valence-corrected chi connectivity index (χ0v) is 10.1. The van der Waals surface area contributed by atoms with Crippen LogP contribution in [0.3, 0.4) is 0 Å². The smallest absolute Gasteiger partial charge is 0.307 e. The van der Waals surface area contributed by atoms with Crippen LogP contribution in [0.2, 0.25) is 0 Å². The highest BCUT2D eigenvalue weighted by Crippen LogP contribution is 2.29. The van der Waals surface area contributed by atoms with Crippen molar-refractivity contribution in [1.29, 1.82) is 0 Å². The summed E-state index contributed by atoms with van der Waals surface area (Å²) >= 11 is 0. The van der Waals surface area contributed by atoms with Crippen molar-refractivity contribution in [2.24, 2.45) is 17.3 Å². The third kappa shape index (κ3) is 2.78. The van der Waals surface area contributed by atoms with E-state index in [1.54, 1.807) is 20.8 Å². The van der Waals surface area contributed by atoms with Gasteiger partial charge in [-0.2, -0.15) is 0 Å². The van der Waals surface area contributed by atoms with Crippen molar-refractivity contribution in [1.82, 2.24) is 0 Å². The van der Waals surface area contributed by atoms with Crippen molar-refractivity contribution >= 4 is 23.3 Å². The van der Waals surface area contributed by atoms with Crippen LogP contribution in [0.25, 0.3) is 0 Å². The molecule has 1 N–H and O–H groups in total. The van der Waals surface area contributed by atoms with Gasteiger partial charge in [-0.15, -0.1) is 0 Å². The average molecular weight is 240 g/mol. The normalized spacial score (nSPS) is 25.8. The van der Waals surface area contributed by atoms with Crippen molar-refractivity contribution in [2.45, 2.75) is 33.6 Å². The standard InChI is InChI=1S/C12H16O5/c1-12(2,3)10(15)9-7(13)4-6(11(16)17)5-8(9)14/h6,9H,4-5H2,1-3H3,(H,16,17). The molecule has 1 aliphatic rings.